The summed E-state index contributed by atoms with van der Waals surface area (Å²) < 4.78 is 10.4. The number of carbonyl (C=O) groups is 3. The minimum Gasteiger partial charge on any atom is -0.460 e. The van der Waals surface area contributed by atoms with Crippen LogP contribution >= 0.6 is 11.8 Å². The predicted molar refractivity (Wildman–Crippen MR) is 107 cm³/mol. The van der Waals surface area contributed by atoms with Crippen LogP contribution in [0.15, 0.2) is 57.9 Å². The summed E-state index contributed by atoms with van der Waals surface area (Å²) in [5, 5.41) is 3.74. The van der Waals surface area contributed by atoms with Crippen molar-refractivity contribution in [3.63, 3.8) is 0 Å². The Bertz CT molecular complexity index is 1090. The normalized spacial score (nSPS) is 12.9. The zero-order valence-electron chi connectivity index (χ0n) is 16.0. The minimum atomic E-state index is -0.531. The molecular formula is C21H17N3O5S. The lowest BCUT2D eigenvalue weighted by Crippen LogP contribution is -2.33. The van der Waals surface area contributed by atoms with Gasteiger partial charge in [-0.1, -0.05) is 29.4 Å². The van der Waals surface area contributed by atoms with Gasteiger partial charge in [0.1, 0.15) is 6.61 Å². The first-order valence-corrected chi connectivity index (χ1v) is 10.2. The standard InChI is InChI=1S/C21H17N3O5S/c1-13-22-18(29-23-13)12-30-17-9-5-4-8-16(17)21(27)28-11-10-24-19(25)14-6-2-3-7-15(14)20(24)26/h2-9H,10-12H2,1H3. The Morgan fingerprint density at radius 3 is 2.40 bits per heavy atom. The predicted octanol–water partition coefficient (Wildman–Crippen LogP) is 3.12. The Hall–Kier alpha value is -3.46. The second-order valence-electron chi connectivity index (χ2n) is 6.46. The van der Waals surface area contributed by atoms with Gasteiger partial charge in [0.25, 0.3) is 11.8 Å². The average Bonchev–Trinajstić information content (AvgIpc) is 3.29. The Kier molecular flexibility index (Phi) is 5.62. The van der Waals surface area contributed by atoms with E-state index in [1.54, 1.807) is 49.4 Å². The topological polar surface area (TPSA) is 103 Å². The second kappa shape index (κ2) is 8.50. The number of hydrogen-bond donors (Lipinski definition) is 0. The number of ether oxygens (including phenoxy) is 1. The number of amides is 2. The molecular weight excluding hydrogens is 406 g/mol. The number of imide groups is 1. The third-order valence-corrected chi connectivity index (χ3v) is 5.51. The molecule has 1 aromatic heterocycles. The zero-order valence-corrected chi connectivity index (χ0v) is 16.8. The van der Waals surface area contributed by atoms with Gasteiger partial charge in [-0.3, -0.25) is 14.5 Å². The number of benzene rings is 2. The fourth-order valence-electron chi connectivity index (χ4n) is 3.05. The lowest BCUT2D eigenvalue weighted by atomic mass is 10.1. The van der Waals surface area contributed by atoms with E-state index in [1.807, 2.05) is 6.07 Å². The van der Waals surface area contributed by atoms with Crippen LogP contribution in [0.25, 0.3) is 0 Å². The van der Waals surface area contributed by atoms with Gasteiger partial charge in [-0.2, -0.15) is 4.98 Å². The summed E-state index contributed by atoms with van der Waals surface area (Å²) in [7, 11) is 0. The van der Waals surface area contributed by atoms with Gasteiger partial charge in [0, 0.05) is 4.90 Å². The van der Waals surface area contributed by atoms with Crippen LogP contribution in [0.3, 0.4) is 0 Å². The van der Waals surface area contributed by atoms with E-state index in [2.05, 4.69) is 10.1 Å². The first-order chi connectivity index (χ1) is 14.5. The largest absolute Gasteiger partial charge is 0.460 e. The molecule has 152 valence electrons. The molecule has 0 N–H and O–H groups in total. The third kappa shape index (κ3) is 3.97. The van der Waals surface area contributed by atoms with Crippen LogP contribution in [-0.4, -0.2) is 46.0 Å². The zero-order chi connectivity index (χ0) is 21.1. The summed E-state index contributed by atoms with van der Waals surface area (Å²) in [5.41, 5.74) is 1.12. The number of thioether (sulfide) groups is 1. The number of esters is 1. The quantitative estimate of drug-likeness (QED) is 0.324. The highest BCUT2D eigenvalue weighted by atomic mass is 32.2. The number of hydrogen-bond acceptors (Lipinski definition) is 8. The molecule has 0 unspecified atom stereocenters. The van der Waals surface area contributed by atoms with Gasteiger partial charge in [0.15, 0.2) is 5.82 Å². The van der Waals surface area contributed by atoms with E-state index in [0.29, 0.717) is 39.1 Å². The molecule has 9 heteroatoms. The van der Waals surface area contributed by atoms with Crippen molar-refractivity contribution in [1.29, 1.82) is 0 Å². The first kappa shape index (κ1) is 19.8. The van der Waals surface area contributed by atoms with Gasteiger partial charge in [-0.15, -0.1) is 11.8 Å². The fraction of sp³-hybridized carbons (Fsp3) is 0.190. The lowest BCUT2D eigenvalue weighted by Gasteiger charge is -2.14. The van der Waals surface area contributed by atoms with Crippen molar-refractivity contribution in [1.82, 2.24) is 15.0 Å². The van der Waals surface area contributed by atoms with E-state index in [-0.39, 0.29) is 25.0 Å². The maximum Gasteiger partial charge on any atom is 0.339 e. The van der Waals surface area contributed by atoms with E-state index in [1.165, 1.54) is 11.8 Å². The van der Waals surface area contributed by atoms with Crippen molar-refractivity contribution < 1.29 is 23.6 Å². The summed E-state index contributed by atoms with van der Waals surface area (Å²) in [6.07, 6.45) is 0. The van der Waals surface area contributed by atoms with Crippen LogP contribution in [-0.2, 0) is 10.5 Å². The molecule has 0 atom stereocenters. The van der Waals surface area contributed by atoms with Crippen LogP contribution < -0.4 is 0 Å². The number of carbonyl (C=O) groups excluding carboxylic acids is 3. The van der Waals surface area contributed by atoms with Crippen molar-refractivity contribution in [2.75, 3.05) is 13.2 Å². The maximum absolute atomic E-state index is 12.6. The maximum atomic E-state index is 12.6. The van der Waals surface area contributed by atoms with E-state index in [9.17, 15) is 14.4 Å². The third-order valence-electron chi connectivity index (χ3n) is 4.45. The van der Waals surface area contributed by atoms with Crippen LogP contribution in [0.5, 0.6) is 0 Å². The molecule has 30 heavy (non-hydrogen) atoms. The molecule has 0 radical (unpaired) electrons. The van der Waals surface area contributed by atoms with Crippen molar-refractivity contribution in [3.05, 3.63) is 76.9 Å². The molecule has 0 bridgehead atoms. The number of rotatable bonds is 7. The minimum absolute atomic E-state index is 0.00530. The summed E-state index contributed by atoms with van der Waals surface area (Å²) in [4.78, 5) is 43.2. The van der Waals surface area contributed by atoms with Gasteiger partial charge < -0.3 is 9.26 Å². The Morgan fingerprint density at radius 2 is 1.73 bits per heavy atom. The molecule has 1 aliphatic rings. The molecule has 0 spiro atoms. The monoisotopic (exact) mass is 423 g/mol. The van der Waals surface area contributed by atoms with Crippen LogP contribution in [0.2, 0.25) is 0 Å². The highest BCUT2D eigenvalue weighted by molar-refractivity contribution is 7.98. The summed E-state index contributed by atoms with van der Waals surface area (Å²) in [5.74, 6) is 0.143. The molecule has 2 amide bonds. The highest BCUT2D eigenvalue weighted by Gasteiger charge is 2.34. The van der Waals surface area contributed by atoms with Gasteiger partial charge in [-0.05, 0) is 31.2 Å². The first-order valence-electron chi connectivity index (χ1n) is 9.18. The van der Waals surface area contributed by atoms with Crippen LogP contribution in [0.1, 0.15) is 42.8 Å². The average molecular weight is 423 g/mol. The lowest BCUT2D eigenvalue weighted by molar-refractivity contribution is 0.0417. The number of aromatic nitrogens is 2. The van der Waals surface area contributed by atoms with E-state index in [0.717, 1.165) is 4.90 Å². The number of aryl methyl sites for hydroxylation is 1. The molecule has 0 saturated carbocycles. The molecule has 3 aromatic rings. The summed E-state index contributed by atoms with van der Waals surface area (Å²) in [6.45, 7) is 1.64. The number of nitrogens with zero attached hydrogens (tertiary/aromatic N) is 3. The fourth-order valence-corrected chi connectivity index (χ4v) is 3.93. The smallest absolute Gasteiger partial charge is 0.339 e. The number of fused-ring (bicyclic) bond motifs is 1. The van der Waals surface area contributed by atoms with Gasteiger partial charge in [-0.25, -0.2) is 4.79 Å². The van der Waals surface area contributed by atoms with Gasteiger partial charge in [0.2, 0.25) is 5.89 Å². The van der Waals surface area contributed by atoms with Crippen molar-refractivity contribution in [3.8, 4) is 0 Å². The second-order valence-corrected chi connectivity index (χ2v) is 7.48. The Balaban J connectivity index is 1.36. The molecule has 0 fully saturated rings. The molecule has 8 nitrogen and oxygen atoms in total. The van der Waals surface area contributed by atoms with Crippen LogP contribution in [0.4, 0.5) is 0 Å². The van der Waals surface area contributed by atoms with E-state index < -0.39 is 5.97 Å². The van der Waals surface area contributed by atoms with Crippen LogP contribution in [0, 0.1) is 6.92 Å². The Labute approximate surface area is 176 Å². The molecule has 0 aliphatic carbocycles. The van der Waals surface area contributed by atoms with E-state index in [4.69, 9.17) is 9.26 Å². The van der Waals surface area contributed by atoms with Crippen molar-refractivity contribution >= 4 is 29.5 Å². The molecule has 2 heterocycles. The highest BCUT2D eigenvalue weighted by Crippen LogP contribution is 2.27. The molecule has 4 rings (SSSR count). The SMILES string of the molecule is Cc1noc(CSc2ccccc2C(=O)OCCN2C(=O)c3ccccc3C2=O)n1. The summed E-state index contributed by atoms with van der Waals surface area (Å²) >= 11 is 1.38. The Morgan fingerprint density at radius 1 is 1.07 bits per heavy atom. The van der Waals surface area contributed by atoms with Crippen molar-refractivity contribution in [2.45, 2.75) is 17.6 Å². The molecule has 2 aromatic carbocycles. The molecule has 1 aliphatic heterocycles. The van der Waals surface area contributed by atoms with Crippen molar-refractivity contribution in [2.24, 2.45) is 0 Å². The molecule has 0 saturated heterocycles. The summed E-state index contributed by atoms with van der Waals surface area (Å²) in [6, 6.07) is 13.6. The van der Waals surface area contributed by atoms with Gasteiger partial charge >= 0.3 is 5.97 Å². The van der Waals surface area contributed by atoms with E-state index >= 15 is 0 Å². The van der Waals surface area contributed by atoms with Gasteiger partial charge in [0.05, 0.1) is 29.0 Å².